The van der Waals surface area contributed by atoms with E-state index in [4.69, 9.17) is 4.99 Å². The Labute approximate surface area is 174 Å². The number of piperidine rings is 1. The summed E-state index contributed by atoms with van der Waals surface area (Å²) in [6, 6.07) is 9.62. The van der Waals surface area contributed by atoms with Gasteiger partial charge in [-0.1, -0.05) is 18.2 Å². The summed E-state index contributed by atoms with van der Waals surface area (Å²) < 4.78 is 0. The van der Waals surface area contributed by atoms with E-state index in [0.717, 1.165) is 43.6 Å². The molecule has 1 aromatic rings. The average Bonchev–Trinajstić information content (AvgIpc) is 3.50. The minimum absolute atomic E-state index is 0.218. The number of amides is 1. The molecule has 1 aromatic carbocycles. The Balaban J connectivity index is 1.21. The molecule has 6 nitrogen and oxygen atoms in total. The molecule has 1 amide bonds. The van der Waals surface area contributed by atoms with Gasteiger partial charge in [-0.15, -0.1) is 0 Å². The highest BCUT2D eigenvalue weighted by molar-refractivity contribution is 5.95. The van der Waals surface area contributed by atoms with E-state index < -0.39 is 0 Å². The van der Waals surface area contributed by atoms with E-state index in [-0.39, 0.29) is 5.91 Å². The van der Waals surface area contributed by atoms with Gasteiger partial charge in [0.05, 0.1) is 0 Å². The van der Waals surface area contributed by atoms with Gasteiger partial charge in [0.1, 0.15) is 0 Å². The molecule has 1 saturated carbocycles. The highest BCUT2D eigenvalue weighted by atomic mass is 16.2. The number of nitrogens with zero attached hydrogens (tertiary/aromatic N) is 3. The lowest BCUT2D eigenvalue weighted by atomic mass is 10.1. The number of likely N-dealkylation sites (tertiary alicyclic amines) is 1. The van der Waals surface area contributed by atoms with E-state index in [0.29, 0.717) is 19.0 Å². The summed E-state index contributed by atoms with van der Waals surface area (Å²) >= 11 is 0. The Morgan fingerprint density at radius 1 is 1.14 bits per heavy atom. The van der Waals surface area contributed by atoms with Crippen LogP contribution in [0.4, 0.5) is 5.69 Å². The molecule has 0 atom stereocenters. The van der Waals surface area contributed by atoms with Crippen LogP contribution in [0.2, 0.25) is 0 Å². The molecule has 0 radical (unpaired) electrons. The van der Waals surface area contributed by atoms with Gasteiger partial charge in [-0.3, -0.25) is 9.79 Å². The van der Waals surface area contributed by atoms with Gasteiger partial charge >= 0.3 is 0 Å². The standard InChI is InChI=1S/C23H35N5O/c1-2-24-23(26-19-12-15-27(16-13-19)20-9-10-20)25-14-5-8-22(29)28-17-11-18-6-3-4-7-21(18)28/h3-4,6-7,19-20H,2,5,8-17H2,1H3,(H2,24,25,26). The van der Waals surface area contributed by atoms with Crippen LogP contribution in [0.5, 0.6) is 0 Å². The number of benzene rings is 1. The predicted octanol–water partition coefficient (Wildman–Crippen LogP) is 2.54. The molecule has 4 rings (SSSR count). The first-order valence-corrected chi connectivity index (χ1v) is 11.4. The van der Waals surface area contributed by atoms with E-state index in [2.05, 4.69) is 34.6 Å². The summed E-state index contributed by atoms with van der Waals surface area (Å²) in [7, 11) is 0. The Hall–Kier alpha value is -2.08. The number of anilines is 1. The third kappa shape index (κ3) is 5.30. The molecule has 0 bridgehead atoms. The molecule has 2 heterocycles. The Morgan fingerprint density at radius 2 is 1.93 bits per heavy atom. The average molecular weight is 398 g/mol. The molecule has 2 fully saturated rings. The number of aliphatic imine (C=N–C) groups is 1. The van der Waals surface area contributed by atoms with Crippen molar-refractivity contribution in [2.24, 2.45) is 4.99 Å². The normalized spacial score (nSPS) is 20.6. The number of hydrogen-bond acceptors (Lipinski definition) is 3. The molecule has 0 spiro atoms. The SMILES string of the molecule is CCNC(=NCCCC(=O)N1CCc2ccccc21)NC1CCN(C2CC2)CC1. The molecule has 0 unspecified atom stereocenters. The topological polar surface area (TPSA) is 60.0 Å². The van der Waals surface area contributed by atoms with E-state index in [1.807, 2.05) is 17.0 Å². The van der Waals surface area contributed by atoms with Crippen LogP contribution in [-0.2, 0) is 11.2 Å². The van der Waals surface area contributed by atoms with Crippen LogP contribution in [0, 0.1) is 0 Å². The van der Waals surface area contributed by atoms with Gasteiger partial charge in [-0.2, -0.15) is 0 Å². The van der Waals surface area contributed by atoms with Crippen molar-refractivity contribution in [3.8, 4) is 0 Å². The number of guanidine groups is 1. The van der Waals surface area contributed by atoms with E-state index in [1.54, 1.807) is 0 Å². The van der Waals surface area contributed by atoms with E-state index in [9.17, 15) is 4.79 Å². The number of hydrogen-bond donors (Lipinski definition) is 2. The number of rotatable bonds is 7. The fraction of sp³-hybridized carbons (Fsp3) is 0.652. The molecule has 0 aromatic heterocycles. The van der Waals surface area contributed by atoms with Crippen LogP contribution in [0.1, 0.15) is 51.0 Å². The van der Waals surface area contributed by atoms with Crippen molar-refractivity contribution < 1.29 is 4.79 Å². The van der Waals surface area contributed by atoms with Crippen molar-refractivity contribution >= 4 is 17.6 Å². The van der Waals surface area contributed by atoms with Crippen LogP contribution < -0.4 is 15.5 Å². The molecule has 2 aliphatic heterocycles. The van der Waals surface area contributed by atoms with Crippen LogP contribution >= 0.6 is 0 Å². The van der Waals surface area contributed by atoms with Gasteiger partial charge in [0.15, 0.2) is 5.96 Å². The molecule has 29 heavy (non-hydrogen) atoms. The Kier molecular flexibility index (Phi) is 6.70. The third-order valence-electron chi connectivity index (χ3n) is 6.28. The van der Waals surface area contributed by atoms with Crippen LogP contribution in [-0.4, -0.2) is 61.6 Å². The van der Waals surface area contributed by atoms with Crippen molar-refractivity contribution in [1.82, 2.24) is 15.5 Å². The molecular formula is C23H35N5O. The molecule has 2 N–H and O–H groups in total. The third-order valence-corrected chi connectivity index (χ3v) is 6.28. The predicted molar refractivity (Wildman–Crippen MR) is 118 cm³/mol. The molecule has 1 aliphatic carbocycles. The second-order valence-electron chi connectivity index (χ2n) is 8.47. The van der Waals surface area contributed by atoms with E-state index in [1.165, 1.54) is 44.3 Å². The molecule has 6 heteroatoms. The lowest BCUT2D eigenvalue weighted by Crippen LogP contribution is -2.49. The summed E-state index contributed by atoms with van der Waals surface area (Å²) in [6.45, 7) is 6.85. The molecule has 3 aliphatic rings. The maximum Gasteiger partial charge on any atom is 0.227 e. The summed E-state index contributed by atoms with van der Waals surface area (Å²) in [6.07, 6.45) is 7.47. The van der Waals surface area contributed by atoms with Gasteiger partial charge in [-0.25, -0.2) is 0 Å². The van der Waals surface area contributed by atoms with Crippen LogP contribution in [0.3, 0.4) is 0 Å². The fourth-order valence-electron chi connectivity index (χ4n) is 4.52. The highest BCUT2D eigenvalue weighted by Crippen LogP contribution is 2.29. The quantitative estimate of drug-likeness (QED) is 0.422. The molecule has 1 saturated heterocycles. The first-order valence-electron chi connectivity index (χ1n) is 11.4. The van der Waals surface area contributed by atoms with Crippen molar-refractivity contribution in [2.45, 2.75) is 64.0 Å². The second-order valence-corrected chi connectivity index (χ2v) is 8.47. The first kappa shape index (κ1) is 20.2. The lowest BCUT2D eigenvalue weighted by molar-refractivity contribution is -0.118. The zero-order valence-corrected chi connectivity index (χ0v) is 17.7. The lowest BCUT2D eigenvalue weighted by Gasteiger charge is -2.33. The summed E-state index contributed by atoms with van der Waals surface area (Å²) in [5.74, 6) is 1.12. The van der Waals surface area contributed by atoms with E-state index >= 15 is 0 Å². The van der Waals surface area contributed by atoms with Gasteiger partial charge in [0, 0.05) is 56.9 Å². The smallest absolute Gasteiger partial charge is 0.227 e. The molecule has 158 valence electrons. The maximum absolute atomic E-state index is 12.6. The Bertz CT molecular complexity index is 722. The zero-order valence-electron chi connectivity index (χ0n) is 17.7. The number of para-hydroxylation sites is 1. The second kappa shape index (κ2) is 9.61. The van der Waals surface area contributed by atoms with Crippen molar-refractivity contribution in [3.63, 3.8) is 0 Å². The van der Waals surface area contributed by atoms with Gasteiger partial charge < -0.3 is 20.4 Å². The maximum atomic E-state index is 12.6. The largest absolute Gasteiger partial charge is 0.357 e. The zero-order chi connectivity index (χ0) is 20.1. The summed E-state index contributed by atoms with van der Waals surface area (Å²) in [4.78, 5) is 21.9. The fourth-order valence-corrected chi connectivity index (χ4v) is 4.52. The van der Waals surface area contributed by atoms with Gasteiger partial charge in [0.25, 0.3) is 0 Å². The minimum atomic E-state index is 0.218. The van der Waals surface area contributed by atoms with Crippen LogP contribution in [0.15, 0.2) is 29.3 Å². The number of fused-ring (bicyclic) bond motifs is 1. The highest BCUT2D eigenvalue weighted by Gasteiger charge is 2.32. The van der Waals surface area contributed by atoms with Crippen molar-refractivity contribution in [3.05, 3.63) is 29.8 Å². The summed E-state index contributed by atoms with van der Waals surface area (Å²) in [5.41, 5.74) is 2.37. The Morgan fingerprint density at radius 3 is 2.69 bits per heavy atom. The van der Waals surface area contributed by atoms with Crippen molar-refractivity contribution in [2.75, 3.05) is 37.6 Å². The number of nitrogens with one attached hydrogen (secondary N) is 2. The molecular weight excluding hydrogens is 362 g/mol. The number of carbonyl (C=O) groups excluding carboxylic acids is 1. The first-order chi connectivity index (χ1) is 14.2. The van der Waals surface area contributed by atoms with Crippen molar-refractivity contribution in [1.29, 1.82) is 0 Å². The number of carbonyl (C=O) groups is 1. The van der Waals surface area contributed by atoms with Gasteiger partial charge in [0.2, 0.25) is 5.91 Å². The minimum Gasteiger partial charge on any atom is -0.357 e. The van der Waals surface area contributed by atoms with Gasteiger partial charge in [-0.05, 0) is 57.1 Å². The monoisotopic (exact) mass is 397 g/mol. The summed E-state index contributed by atoms with van der Waals surface area (Å²) in [5, 5.41) is 6.97. The van der Waals surface area contributed by atoms with Crippen LogP contribution in [0.25, 0.3) is 0 Å².